The van der Waals surface area contributed by atoms with Gasteiger partial charge in [0.15, 0.2) is 0 Å². The minimum atomic E-state index is 0.647. The lowest BCUT2D eigenvalue weighted by atomic mass is 9.91. The Morgan fingerprint density at radius 3 is 3.11 bits per heavy atom. The summed E-state index contributed by atoms with van der Waals surface area (Å²) >= 11 is 3.56. The summed E-state index contributed by atoms with van der Waals surface area (Å²) in [6, 6.07) is 7.27. The molecule has 0 saturated carbocycles. The summed E-state index contributed by atoms with van der Waals surface area (Å²) in [7, 11) is 0. The quantitative estimate of drug-likeness (QED) is 0.779. The molecule has 1 aromatic carbocycles. The van der Waals surface area contributed by atoms with Crippen molar-refractivity contribution >= 4 is 26.8 Å². The van der Waals surface area contributed by atoms with Crippen LogP contribution < -0.4 is 0 Å². The highest BCUT2D eigenvalue weighted by molar-refractivity contribution is 9.10. The maximum atomic E-state index is 3.68. The second-order valence-electron chi connectivity index (χ2n) is 5.50. The zero-order chi connectivity index (χ0) is 12.1. The number of hydrogen-bond donors (Lipinski definition) is 1. The second-order valence-corrected chi connectivity index (χ2v) is 6.42. The molecule has 0 radical (unpaired) electrons. The van der Waals surface area contributed by atoms with Gasteiger partial charge in [0, 0.05) is 27.6 Å². The smallest absolute Gasteiger partial charge is 0.0501 e. The lowest BCUT2D eigenvalue weighted by Crippen LogP contribution is -2.38. The second kappa shape index (κ2) is 4.10. The monoisotopic (exact) mass is 304 g/mol. The molecule has 1 N–H and O–H groups in total. The van der Waals surface area contributed by atoms with Crippen molar-refractivity contribution in [2.45, 2.75) is 31.7 Å². The summed E-state index contributed by atoms with van der Waals surface area (Å²) in [4.78, 5) is 6.35. The van der Waals surface area contributed by atoms with Crippen LogP contribution >= 0.6 is 15.9 Å². The van der Waals surface area contributed by atoms with Crippen LogP contribution in [0.2, 0.25) is 0 Å². The molecule has 1 saturated heterocycles. The van der Waals surface area contributed by atoms with E-state index in [4.69, 9.17) is 0 Å². The standard InChI is InChI=1S/C15H17BrN2/c16-10-4-5-11-12-6-8-18-7-2-1-3-14(18)15(12)17-13(11)9-10/h4-5,9,14,17H,1-3,6-8H2/t14-/m0/s1. The third kappa shape index (κ3) is 1.57. The molecular formula is C15H17BrN2. The summed E-state index contributed by atoms with van der Waals surface area (Å²) in [6.07, 6.45) is 5.27. The van der Waals surface area contributed by atoms with E-state index in [0.29, 0.717) is 6.04 Å². The molecule has 94 valence electrons. The van der Waals surface area contributed by atoms with E-state index in [1.807, 2.05) is 0 Å². The fourth-order valence-corrected chi connectivity index (χ4v) is 4.00. The highest BCUT2D eigenvalue weighted by Crippen LogP contribution is 2.39. The molecule has 2 nitrogen and oxygen atoms in total. The van der Waals surface area contributed by atoms with Gasteiger partial charge in [0.2, 0.25) is 0 Å². The number of benzene rings is 1. The van der Waals surface area contributed by atoms with Gasteiger partial charge in [-0.1, -0.05) is 28.4 Å². The van der Waals surface area contributed by atoms with Crippen LogP contribution in [0.25, 0.3) is 10.9 Å². The highest BCUT2D eigenvalue weighted by atomic mass is 79.9. The molecule has 2 aliphatic rings. The third-order valence-corrected chi connectivity index (χ3v) is 4.99. The first-order chi connectivity index (χ1) is 8.83. The van der Waals surface area contributed by atoms with Crippen LogP contribution in [0.4, 0.5) is 0 Å². The maximum Gasteiger partial charge on any atom is 0.0501 e. The number of halogens is 1. The largest absolute Gasteiger partial charge is 0.357 e. The molecule has 1 aromatic heterocycles. The van der Waals surface area contributed by atoms with Crippen molar-refractivity contribution in [3.63, 3.8) is 0 Å². The van der Waals surface area contributed by atoms with E-state index in [9.17, 15) is 0 Å². The molecule has 0 aliphatic carbocycles. The van der Waals surface area contributed by atoms with E-state index in [1.54, 1.807) is 5.56 Å². The first-order valence-corrected chi connectivity index (χ1v) is 7.66. The van der Waals surface area contributed by atoms with Crippen LogP contribution in [0, 0.1) is 0 Å². The van der Waals surface area contributed by atoms with Crippen molar-refractivity contribution < 1.29 is 0 Å². The van der Waals surface area contributed by atoms with Crippen LogP contribution in [-0.4, -0.2) is 23.0 Å². The lowest BCUT2D eigenvalue weighted by molar-refractivity contribution is 0.136. The normalized spacial score (nSPS) is 23.9. The van der Waals surface area contributed by atoms with E-state index in [-0.39, 0.29) is 0 Å². The number of aromatic nitrogens is 1. The van der Waals surface area contributed by atoms with Crippen molar-refractivity contribution in [3.8, 4) is 0 Å². The topological polar surface area (TPSA) is 19.0 Å². The Labute approximate surface area is 115 Å². The number of piperidine rings is 1. The average molecular weight is 305 g/mol. The predicted molar refractivity (Wildman–Crippen MR) is 77.9 cm³/mol. The number of H-pyrrole nitrogens is 1. The Hall–Kier alpha value is -0.800. The molecule has 4 rings (SSSR count). The molecule has 2 aliphatic heterocycles. The number of rotatable bonds is 0. The fraction of sp³-hybridized carbons (Fsp3) is 0.467. The fourth-order valence-electron chi connectivity index (χ4n) is 3.64. The van der Waals surface area contributed by atoms with Crippen molar-refractivity contribution in [1.29, 1.82) is 0 Å². The number of aromatic amines is 1. The summed E-state index contributed by atoms with van der Waals surface area (Å²) in [5.41, 5.74) is 4.36. The third-order valence-electron chi connectivity index (χ3n) is 4.50. The molecule has 1 atom stereocenters. The van der Waals surface area contributed by atoms with Crippen LogP contribution in [0.5, 0.6) is 0 Å². The number of nitrogens with zero attached hydrogens (tertiary/aromatic N) is 1. The molecule has 3 heteroatoms. The van der Waals surface area contributed by atoms with Gasteiger partial charge in [-0.2, -0.15) is 0 Å². The van der Waals surface area contributed by atoms with E-state index in [0.717, 1.165) is 4.47 Å². The SMILES string of the molecule is Brc1ccc2c3c([nH]c2c1)[C@@H]1CCCCN1CC3. The van der Waals surface area contributed by atoms with Crippen LogP contribution in [0.1, 0.15) is 36.6 Å². The van der Waals surface area contributed by atoms with Gasteiger partial charge in [0.1, 0.15) is 0 Å². The van der Waals surface area contributed by atoms with Gasteiger partial charge in [0.25, 0.3) is 0 Å². The molecule has 0 bridgehead atoms. The molecule has 2 aromatic rings. The van der Waals surface area contributed by atoms with Gasteiger partial charge in [0.05, 0.1) is 6.04 Å². The van der Waals surface area contributed by atoms with Crippen LogP contribution in [0.3, 0.4) is 0 Å². The average Bonchev–Trinajstić information content (AvgIpc) is 2.76. The zero-order valence-corrected chi connectivity index (χ0v) is 12.0. The Bertz CT molecular complexity index is 602. The number of nitrogens with one attached hydrogen (secondary N) is 1. The van der Waals surface area contributed by atoms with Gasteiger partial charge >= 0.3 is 0 Å². The predicted octanol–water partition coefficient (Wildman–Crippen LogP) is 4.01. The minimum Gasteiger partial charge on any atom is -0.357 e. The Morgan fingerprint density at radius 2 is 2.17 bits per heavy atom. The van der Waals surface area contributed by atoms with E-state index in [2.05, 4.69) is 44.0 Å². The van der Waals surface area contributed by atoms with Gasteiger partial charge in [-0.05, 0) is 43.5 Å². The van der Waals surface area contributed by atoms with Crippen LogP contribution in [-0.2, 0) is 6.42 Å². The Kier molecular flexibility index (Phi) is 2.52. The van der Waals surface area contributed by atoms with Crippen molar-refractivity contribution in [2.24, 2.45) is 0 Å². The molecule has 0 amide bonds. The molecule has 18 heavy (non-hydrogen) atoms. The molecule has 0 unspecified atom stereocenters. The van der Waals surface area contributed by atoms with Gasteiger partial charge in [-0.3, -0.25) is 4.90 Å². The first-order valence-electron chi connectivity index (χ1n) is 6.87. The van der Waals surface area contributed by atoms with E-state index in [1.165, 1.54) is 55.4 Å². The molecule has 0 spiro atoms. The Balaban J connectivity index is 1.89. The number of fused-ring (bicyclic) bond motifs is 5. The minimum absolute atomic E-state index is 0.647. The first kappa shape index (κ1) is 11.1. The van der Waals surface area contributed by atoms with Crippen molar-refractivity contribution in [3.05, 3.63) is 33.9 Å². The van der Waals surface area contributed by atoms with Crippen molar-refractivity contribution in [1.82, 2.24) is 9.88 Å². The van der Waals surface area contributed by atoms with E-state index < -0.39 is 0 Å². The lowest BCUT2D eigenvalue weighted by Gasteiger charge is -2.39. The summed E-state index contributed by atoms with van der Waals surface area (Å²) in [5.74, 6) is 0. The van der Waals surface area contributed by atoms with Crippen molar-refractivity contribution in [2.75, 3.05) is 13.1 Å². The molecular weight excluding hydrogens is 288 g/mol. The number of hydrogen-bond acceptors (Lipinski definition) is 1. The van der Waals surface area contributed by atoms with Crippen LogP contribution in [0.15, 0.2) is 22.7 Å². The zero-order valence-electron chi connectivity index (χ0n) is 10.4. The summed E-state index contributed by atoms with van der Waals surface area (Å²) in [5, 5.41) is 1.43. The molecule has 1 fully saturated rings. The van der Waals surface area contributed by atoms with Gasteiger partial charge in [-0.25, -0.2) is 0 Å². The summed E-state index contributed by atoms with van der Waals surface area (Å²) in [6.45, 7) is 2.52. The maximum absolute atomic E-state index is 3.68. The Morgan fingerprint density at radius 1 is 1.22 bits per heavy atom. The highest BCUT2D eigenvalue weighted by Gasteiger charge is 2.31. The van der Waals surface area contributed by atoms with E-state index >= 15 is 0 Å². The van der Waals surface area contributed by atoms with Gasteiger partial charge < -0.3 is 4.98 Å². The summed E-state index contributed by atoms with van der Waals surface area (Å²) < 4.78 is 1.16. The van der Waals surface area contributed by atoms with Gasteiger partial charge in [-0.15, -0.1) is 0 Å². The molecule has 3 heterocycles.